The number of aromatic nitrogens is 1. The molecule has 0 unspecified atom stereocenters. The molecule has 3 rings (SSSR count). The third-order valence-electron chi connectivity index (χ3n) is 4.55. The zero-order valence-electron chi connectivity index (χ0n) is 17.5. The van der Waals surface area contributed by atoms with Crippen molar-refractivity contribution in [3.05, 3.63) is 97.1 Å². The van der Waals surface area contributed by atoms with E-state index in [0.717, 1.165) is 13.0 Å². The fourth-order valence-electron chi connectivity index (χ4n) is 3.02. The van der Waals surface area contributed by atoms with Gasteiger partial charge in [0, 0.05) is 29.9 Å². The highest BCUT2D eigenvalue weighted by atomic mass is 35.5. The molecule has 0 radical (unpaired) electrons. The molecule has 1 aromatic heterocycles. The molecule has 0 amide bonds. The lowest BCUT2D eigenvalue weighted by atomic mass is 10.0. The van der Waals surface area contributed by atoms with Crippen LogP contribution < -0.4 is 5.56 Å². The Labute approximate surface area is 200 Å². The Balaban J connectivity index is 2.08. The van der Waals surface area contributed by atoms with Crippen molar-refractivity contribution in [1.82, 2.24) is 9.47 Å². The second-order valence-corrected chi connectivity index (χ2v) is 8.47. The summed E-state index contributed by atoms with van der Waals surface area (Å²) in [5.41, 5.74) is 1.33. The standard InChI is InChI=1S/C23H21Cl3FN3O2/c1-29(2)11-4-12-32-28-22(17-9-8-16(27)13-20(17)26)15-7-10-21(31)30(14-15)23-18(24)5-3-6-19(23)25/h3,5-10,13-14H,4,11-12H2,1-2H3. The van der Waals surface area contributed by atoms with Crippen molar-refractivity contribution in [2.24, 2.45) is 5.16 Å². The summed E-state index contributed by atoms with van der Waals surface area (Å²) in [6.07, 6.45) is 2.31. The largest absolute Gasteiger partial charge is 0.395 e. The van der Waals surface area contributed by atoms with Gasteiger partial charge in [-0.15, -0.1) is 0 Å². The SMILES string of the molecule is CN(C)CCCON=C(c1ccc(=O)n(-c2c(Cl)cccc2Cl)c1)c1ccc(F)cc1Cl. The molecule has 0 atom stereocenters. The van der Waals surface area contributed by atoms with Gasteiger partial charge < -0.3 is 9.74 Å². The molecule has 9 heteroatoms. The molecule has 0 aliphatic heterocycles. The second kappa shape index (κ2) is 11.0. The minimum absolute atomic E-state index is 0.161. The van der Waals surface area contributed by atoms with Crippen molar-refractivity contribution in [2.45, 2.75) is 6.42 Å². The summed E-state index contributed by atoms with van der Waals surface area (Å²) < 4.78 is 15.0. The fraction of sp³-hybridized carbons (Fsp3) is 0.217. The average molecular weight is 497 g/mol. The number of hydrogen-bond donors (Lipinski definition) is 0. The van der Waals surface area contributed by atoms with E-state index in [1.807, 2.05) is 19.0 Å². The molecular formula is C23H21Cl3FN3O2. The van der Waals surface area contributed by atoms with Gasteiger partial charge in [-0.05, 0) is 56.9 Å². The predicted octanol–water partition coefficient (Wildman–Crippen LogP) is 5.66. The van der Waals surface area contributed by atoms with Crippen LogP contribution in [0.2, 0.25) is 15.1 Å². The molecule has 32 heavy (non-hydrogen) atoms. The van der Waals surface area contributed by atoms with Gasteiger partial charge in [0.1, 0.15) is 18.1 Å². The first-order valence-corrected chi connectivity index (χ1v) is 10.9. The van der Waals surface area contributed by atoms with Crippen LogP contribution in [0.1, 0.15) is 17.5 Å². The van der Waals surface area contributed by atoms with Gasteiger partial charge in [0.05, 0.1) is 20.8 Å². The monoisotopic (exact) mass is 495 g/mol. The minimum Gasteiger partial charge on any atom is -0.395 e. The molecule has 0 N–H and O–H groups in total. The maximum Gasteiger partial charge on any atom is 0.255 e. The molecule has 2 aromatic carbocycles. The highest BCUT2D eigenvalue weighted by Crippen LogP contribution is 2.28. The van der Waals surface area contributed by atoms with E-state index < -0.39 is 5.82 Å². The van der Waals surface area contributed by atoms with Gasteiger partial charge in [-0.25, -0.2) is 4.39 Å². The van der Waals surface area contributed by atoms with Crippen LogP contribution in [0.3, 0.4) is 0 Å². The highest BCUT2D eigenvalue weighted by Gasteiger charge is 2.16. The minimum atomic E-state index is -0.474. The maximum absolute atomic E-state index is 13.6. The molecule has 0 saturated heterocycles. The molecule has 5 nitrogen and oxygen atoms in total. The van der Waals surface area contributed by atoms with Crippen LogP contribution in [0.25, 0.3) is 5.69 Å². The number of benzene rings is 2. The van der Waals surface area contributed by atoms with Gasteiger partial charge in [0.15, 0.2) is 0 Å². The topological polar surface area (TPSA) is 46.8 Å². The van der Waals surface area contributed by atoms with Gasteiger partial charge in [-0.3, -0.25) is 9.36 Å². The van der Waals surface area contributed by atoms with Gasteiger partial charge in [-0.2, -0.15) is 0 Å². The van der Waals surface area contributed by atoms with Crippen molar-refractivity contribution >= 4 is 40.5 Å². The van der Waals surface area contributed by atoms with E-state index in [-0.39, 0.29) is 10.6 Å². The second-order valence-electron chi connectivity index (χ2n) is 7.25. The first-order valence-electron chi connectivity index (χ1n) is 9.75. The van der Waals surface area contributed by atoms with Crippen molar-refractivity contribution < 1.29 is 9.23 Å². The van der Waals surface area contributed by atoms with E-state index in [2.05, 4.69) is 5.16 Å². The third kappa shape index (κ3) is 5.90. The quantitative estimate of drug-likeness (QED) is 0.230. The van der Waals surface area contributed by atoms with E-state index in [0.29, 0.717) is 39.2 Å². The van der Waals surface area contributed by atoms with E-state index in [1.54, 1.807) is 30.5 Å². The van der Waals surface area contributed by atoms with Crippen LogP contribution in [-0.2, 0) is 4.84 Å². The fourth-order valence-corrected chi connectivity index (χ4v) is 3.85. The highest BCUT2D eigenvalue weighted by molar-refractivity contribution is 6.38. The van der Waals surface area contributed by atoms with Crippen LogP contribution >= 0.6 is 34.8 Å². The van der Waals surface area contributed by atoms with Gasteiger partial charge in [-0.1, -0.05) is 46.0 Å². The van der Waals surface area contributed by atoms with Crippen LogP contribution in [0.5, 0.6) is 0 Å². The summed E-state index contributed by atoms with van der Waals surface area (Å²) >= 11 is 18.9. The van der Waals surface area contributed by atoms with Crippen molar-refractivity contribution in [3.63, 3.8) is 0 Å². The molecular weight excluding hydrogens is 476 g/mol. The van der Waals surface area contributed by atoms with Gasteiger partial charge in [0.2, 0.25) is 0 Å². The first-order chi connectivity index (χ1) is 15.3. The van der Waals surface area contributed by atoms with E-state index in [1.165, 1.54) is 28.8 Å². The van der Waals surface area contributed by atoms with Crippen LogP contribution in [0.15, 0.2) is 64.7 Å². The number of hydrogen-bond acceptors (Lipinski definition) is 4. The lowest BCUT2D eigenvalue weighted by Gasteiger charge is -2.14. The van der Waals surface area contributed by atoms with Crippen molar-refractivity contribution in [1.29, 1.82) is 0 Å². The van der Waals surface area contributed by atoms with E-state index in [9.17, 15) is 9.18 Å². The Kier molecular flexibility index (Phi) is 8.32. The van der Waals surface area contributed by atoms with Gasteiger partial charge >= 0.3 is 0 Å². The number of pyridine rings is 1. The Morgan fingerprint density at radius 1 is 1.06 bits per heavy atom. The average Bonchev–Trinajstić information content (AvgIpc) is 2.72. The van der Waals surface area contributed by atoms with Crippen LogP contribution in [-0.4, -0.2) is 42.4 Å². The Hall–Kier alpha value is -2.38. The lowest BCUT2D eigenvalue weighted by Crippen LogP contribution is -2.20. The molecule has 1 heterocycles. The third-order valence-corrected chi connectivity index (χ3v) is 5.47. The molecule has 0 saturated carbocycles. The number of halogens is 4. The number of oxime groups is 1. The van der Waals surface area contributed by atoms with Crippen molar-refractivity contribution in [3.8, 4) is 5.69 Å². The van der Waals surface area contributed by atoms with E-state index >= 15 is 0 Å². The summed E-state index contributed by atoms with van der Waals surface area (Å²) in [7, 11) is 3.94. The predicted molar refractivity (Wildman–Crippen MR) is 128 cm³/mol. The summed E-state index contributed by atoms with van der Waals surface area (Å²) in [6.45, 7) is 1.20. The lowest BCUT2D eigenvalue weighted by molar-refractivity contribution is 0.135. The van der Waals surface area contributed by atoms with Crippen molar-refractivity contribution in [2.75, 3.05) is 27.2 Å². The maximum atomic E-state index is 13.6. The summed E-state index contributed by atoms with van der Waals surface area (Å²) in [5.74, 6) is -0.474. The number of nitrogens with zero attached hydrogens (tertiary/aromatic N) is 3. The van der Waals surface area contributed by atoms with E-state index in [4.69, 9.17) is 39.6 Å². The molecule has 0 bridgehead atoms. The number of para-hydroxylation sites is 1. The zero-order valence-corrected chi connectivity index (χ0v) is 19.8. The van der Waals surface area contributed by atoms with Crippen LogP contribution in [0.4, 0.5) is 4.39 Å². The molecule has 3 aromatic rings. The zero-order chi connectivity index (χ0) is 23.3. The Bertz CT molecular complexity index is 1180. The first kappa shape index (κ1) is 24.3. The Morgan fingerprint density at radius 2 is 1.78 bits per heavy atom. The molecule has 0 aliphatic carbocycles. The van der Waals surface area contributed by atoms with Gasteiger partial charge in [0.25, 0.3) is 5.56 Å². The summed E-state index contributed by atoms with van der Waals surface area (Å²) in [4.78, 5) is 20.2. The Morgan fingerprint density at radius 3 is 2.44 bits per heavy atom. The smallest absolute Gasteiger partial charge is 0.255 e. The number of rotatable bonds is 8. The molecule has 168 valence electrons. The normalized spacial score (nSPS) is 11.8. The van der Waals surface area contributed by atoms with Crippen LogP contribution in [0, 0.1) is 5.82 Å². The molecule has 0 fully saturated rings. The molecule has 0 spiro atoms. The summed E-state index contributed by atoms with van der Waals surface area (Å²) in [6, 6.07) is 11.9. The summed E-state index contributed by atoms with van der Waals surface area (Å²) in [5, 5.41) is 5.06. The molecule has 0 aliphatic rings.